The van der Waals surface area contributed by atoms with E-state index in [1.807, 2.05) is 18.7 Å². The van der Waals surface area contributed by atoms with E-state index in [-0.39, 0.29) is 28.4 Å². The summed E-state index contributed by atoms with van der Waals surface area (Å²) in [6.45, 7) is 7.43. The van der Waals surface area contributed by atoms with Crippen LogP contribution in [0.3, 0.4) is 0 Å². The largest absolute Gasteiger partial charge is 0.340 e. The predicted molar refractivity (Wildman–Crippen MR) is 129 cm³/mol. The molecule has 0 aliphatic carbocycles. The summed E-state index contributed by atoms with van der Waals surface area (Å²) in [6, 6.07) is 12.5. The third-order valence-corrected chi connectivity index (χ3v) is 7.98. The van der Waals surface area contributed by atoms with Crippen molar-refractivity contribution in [3.05, 3.63) is 65.5 Å². The van der Waals surface area contributed by atoms with Crippen LogP contribution in [-0.4, -0.2) is 62.2 Å². The average Bonchev–Trinajstić information content (AvgIpc) is 2.96. The first kappa shape index (κ1) is 24.3. The molecule has 9 heteroatoms. The fourth-order valence-corrected chi connectivity index (χ4v) is 5.64. The Morgan fingerprint density at radius 3 is 2.56 bits per heavy atom. The minimum Gasteiger partial charge on any atom is -0.340 e. The van der Waals surface area contributed by atoms with Gasteiger partial charge >= 0.3 is 0 Å². The number of rotatable bonds is 6. The molecule has 2 aromatic rings. The lowest BCUT2D eigenvalue weighted by molar-refractivity contribution is -0.133. The molecule has 0 radical (unpaired) electrons. The molecule has 0 spiro atoms. The number of benzene rings is 2. The molecule has 0 unspecified atom stereocenters. The van der Waals surface area contributed by atoms with Gasteiger partial charge in [0.2, 0.25) is 5.91 Å². The number of sulfonamides is 1. The van der Waals surface area contributed by atoms with Crippen molar-refractivity contribution in [2.24, 2.45) is 10.9 Å². The third kappa shape index (κ3) is 5.31. The first-order chi connectivity index (χ1) is 16.3. The van der Waals surface area contributed by atoms with Crippen molar-refractivity contribution in [2.75, 3.05) is 26.2 Å². The molecule has 2 aliphatic rings. The van der Waals surface area contributed by atoms with Gasteiger partial charge in [-0.15, -0.1) is 0 Å². The van der Waals surface area contributed by atoms with E-state index in [0.717, 1.165) is 24.9 Å². The maximum absolute atomic E-state index is 13.6. The molecule has 1 fully saturated rings. The van der Waals surface area contributed by atoms with Crippen LogP contribution in [0.4, 0.5) is 4.39 Å². The molecular formula is C25H31FN4O3S. The number of amidine groups is 1. The molecule has 4 rings (SSSR count). The van der Waals surface area contributed by atoms with Crippen molar-refractivity contribution in [1.82, 2.24) is 14.5 Å². The summed E-state index contributed by atoms with van der Waals surface area (Å²) in [7, 11) is -3.66. The van der Waals surface area contributed by atoms with Crippen molar-refractivity contribution in [2.45, 2.75) is 44.2 Å². The van der Waals surface area contributed by atoms with E-state index < -0.39 is 16.1 Å². The molecule has 0 saturated carbocycles. The molecule has 182 valence electrons. The first-order valence-corrected chi connectivity index (χ1v) is 13.2. The maximum Gasteiger partial charge on any atom is 0.263 e. The average molecular weight is 487 g/mol. The summed E-state index contributed by atoms with van der Waals surface area (Å²) in [4.78, 5) is 22.6. The number of carbonyl (C=O) groups excluding carboxylic acids is 1. The number of hydrogen-bond acceptors (Lipinski definition) is 5. The molecule has 1 amide bonds. The van der Waals surface area contributed by atoms with Crippen LogP contribution in [0, 0.1) is 11.7 Å². The number of halogens is 1. The molecule has 2 aliphatic heterocycles. The van der Waals surface area contributed by atoms with E-state index in [1.54, 1.807) is 36.4 Å². The van der Waals surface area contributed by atoms with Gasteiger partial charge in [-0.3, -0.25) is 19.4 Å². The molecule has 2 aromatic carbocycles. The highest BCUT2D eigenvalue weighted by molar-refractivity contribution is 7.90. The molecule has 2 heterocycles. The van der Waals surface area contributed by atoms with Crippen LogP contribution in [0.2, 0.25) is 0 Å². The Hall–Kier alpha value is -2.78. The van der Waals surface area contributed by atoms with E-state index in [4.69, 9.17) is 0 Å². The Morgan fingerprint density at radius 1 is 1.09 bits per heavy atom. The number of amides is 1. The smallest absolute Gasteiger partial charge is 0.263 e. The van der Waals surface area contributed by atoms with Gasteiger partial charge in [0, 0.05) is 38.3 Å². The highest BCUT2D eigenvalue weighted by Gasteiger charge is 2.34. The van der Waals surface area contributed by atoms with Crippen molar-refractivity contribution in [3.8, 4) is 0 Å². The number of nitrogens with one attached hydrogen (secondary N) is 1. The lowest BCUT2D eigenvalue weighted by Gasteiger charge is -2.27. The molecule has 1 N–H and O–H groups in total. The van der Waals surface area contributed by atoms with Gasteiger partial charge in [-0.05, 0) is 42.2 Å². The van der Waals surface area contributed by atoms with Crippen LogP contribution in [0.1, 0.15) is 37.8 Å². The zero-order valence-corrected chi connectivity index (χ0v) is 20.4. The molecular weight excluding hydrogens is 455 g/mol. The van der Waals surface area contributed by atoms with Crippen molar-refractivity contribution >= 4 is 21.8 Å². The van der Waals surface area contributed by atoms with Gasteiger partial charge in [-0.1, -0.05) is 44.5 Å². The standard InChI is InChI=1S/C25H31FN4O3S/c1-3-18(2)23(27-24-21-7-4-5-8-22(21)34(32,33)28-24)25(31)30-14-6-13-29(15-16-30)17-19-9-11-20(26)12-10-19/h4-5,7-12,18,23H,3,6,13-17H2,1-2H3,(H,27,28)/t18-,23-/m0/s1. The number of hydrogen-bond donors (Lipinski definition) is 1. The van der Waals surface area contributed by atoms with E-state index in [0.29, 0.717) is 31.7 Å². The Labute approximate surface area is 200 Å². The van der Waals surface area contributed by atoms with Crippen LogP contribution < -0.4 is 4.72 Å². The molecule has 2 atom stereocenters. The molecule has 34 heavy (non-hydrogen) atoms. The number of carbonyl (C=O) groups is 1. The van der Waals surface area contributed by atoms with Crippen LogP contribution in [0.15, 0.2) is 58.4 Å². The highest BCUT2D eigenvalue weighted by Crippen LogP contribution is 2.25. The number of fused-ring (bicyclic) bond motifs is 1. The van der Waals surface area contributed by atoms with E-state index in [9.17, 15) is 17.6 Å². The zero-order valence-electron chi connectivity index (χ0n) is 19.6. The van der Waals surface area contributed by atoms with Crippen molar-refractivity contribution < 1.29 is 17.6 Å². The zero-order chi connectivity index (χ0) is 24.3. The van der Waals surface area contributed by atoms with Gasteiger partial charge in [-0.2, -0.15) is 0 Å². The summed E-state index contributed by atoms with van der Waals surface area (Å²) in [5.74, 6) is -0.131. The van der Waals surface area contributed by atoms with Crippen LogP contribution in [-0.2, 0) is 21.4 Å². The van der Waals surface area contributed by atoms with E-state index in [1.165, 1.54) is 12.1 Å². The Morgan fingerprint density at radius 2 is 1.82 bits per heavy atom. The lowest BCUT2D eigenvalue weighted by atomic mass is 9.98. The van der Waals surface area contributed by atoms with Gasteiger partial charge in [-0.25, -0.2) is 12.8 Å². The van der Waals surface area contributed by atoms with Gasteiger partial charge in [0.25, 0.3) is 10.0 Å². The Bertz CT molecular complexity index is 1170. The topological polar surface area (TPSA) is 82.1 Å². The van der Waals surface area contributed by atoms with Crippen molar-refractivity contribution in [1.29, 1.82) is 0 Å². The van der Waals surface area contributed by atoms with Crippen LogP contribution in [0.5, 0.6) is 0 Å². The minimum absolute atomic E-state index is 0.0455. The second-order valence-corrected chi connectivity index (χ2v) is 10.6. The Balaban J connectivity index is 1.50. The molecule has 1 saturated heterocycles. The summed E-state index contributed by atoms with van der Waals surface area (Å²) < 4.78 is 40.7. The molecule has 0 bridgehead atoms. The summed E-state index contributed by atoms with van der Waals surface area (Å²) in [5.41, 5.74) is 1.54. The van der Waals surface area contributed by atoms with Crippen LogP contribution >= 0.6 is 0 Å². The first-order valence-electron chi connectivity index (χ1n) is 11.7. The summed E-state index contributed by atoms with van der Waals surface area (Å²) in [5, 5.41) is 0. The summed E-state index contributed by atoms with van der Waals surface area (Å²) >= 11 is 0. The van der Waals surface area contributed by atoms with E-state index >= 15 is 0 Å². The molecule has 7 nitrogen and oxygen atoms in total. The number of aliphatic imine (C=N–C) groups is 1. The minimum atomic E-state index is -3.66. The monoisotopic (exact) mass is 486 g/mol. The third-order valence-electron chi connectivity index (χ3n) is 6.59. The SMILES string of the molecule is CC[C@H](C)[C@H](N=C1NS(=O)(=O)c2ccccc21)C(=O)N1CCCN(Cc2ccc(F)cc2)CC1. The van der Waals surface area contributed by atoms with Gasteiger partial charge in [0.05, 0.1) is 4.90 Å². The number of nitrogens with zero attached hydrogens (tertiary/aromatic N) is 3. The second kappa shape index (κ2) is 10.2. The maximum atomic E-state index is 13.6. The summed E-state index contributed by atoms with van der Waals surface area (Å²) in [6.07, 6.45) is 1.57. The van der Waals surface area contributed by atoms with Gasteiger partial charge in [0.1, 0.15) is 17.7 Å². The quantitative estimate of drug-likeness (QED) is 0.681. The second-order valence-electron chi connectivity index (χ2n) is 8.99. The normalized spacial score (nSPS) is 20.9. The fourth-order valence-electron chi connectivity index (χ4n) is 4.40. The lowest BCUT2D eigenvalue weighted by Crippen LogP contribution is -2.44. The Kier molecular flexibility index (Phi) is 7.33. The van der Waals surface area contributed by atoms with E-state index in [2.05, 4.69) is 14.6 Å². The molecule has 0 aromatic heterocycles. The van der Waals surface area contributed by atoms with Crippen molar-refractivity contribution in [3.63, 3.8) is 0 Å². The predicted octanol–water partition coefficient (Wildman–Crippen LogP) is 3.01. The van der Waals surface area contributed by atoms with Crippen LogP contribution in [0.25, 0.3) is 0 Å². The van der Waals surface area contributed by atoms with Gasteiger partial charge < -0.3 is 4.90 Å². The van der Waals surface area contributed by atoms with Gasteiger partial charge in [0.15, 0.2) is 0 Å². The fraction of sp³-hybridized carbons (Fsp3) is 0.440. The highest BCUT2D eigenvalue weighted by atomic mass is 32.2.